The average Bonchev–Trinajstić information content (AvgIpc) is 2.93. The van der Waals surface area contributed by atoms with Crippen molar-refractivity contribution >= 4 is 0 Å². The van der Waals surface area contributed by atoms with Gasteiger partial charge in [-0.05, 0) is 66.0 Å². The first-order valence-electron chi connectivity index (χ1n) is 12.3. The summed E-state index contributed by atoms with van der Waals surface area (Å²) in [6.45, 7) is 4.87. The van der Waals surface area contributed by atoms with E-state index in [-0.39, 0.29) is 0 Å². The second kappa shape index (κ2) is 14.0. The van der Waals surface area contributed by atoms with Crippen LogP contribution in [0.3, 0.4) is 0 Å². The molecular weight excluding hydrogens is 432 g/mol. The molecule has 0 aromatic heterocycles. The summed E-state index contributed by atoms with van der Waals surface area (Å²) in [6, 6.07) is 37.1. The van der Waals surface area contributed by atoms with Crippen molar-refractivity contribution in [2.75, 3.05) is 13.1 Å². The molecule has 0 spiro atoms. The molecule has 0 bridgehead atoms. The van der Waals surface area contributed by atoms with E-state index in [9.17, 15) is 0 Å². The summed E-state index contributed by atoms with van der Waals surface area (Å²) >= 11 is 0. The Bertz CT molecular complexity index is 1010. The van der Waals surface area contributed by atoms with E-state index in [0.717, 1.165) is 44.1 Å². The van der Waals surface area contributed by atoms with Crippen molar-refractivity contribution in [1.82, 2.24) is 10.6 Å². The first-order valence-corrected chi connectivity index (χ1v) is 12.3. The fourth-order valence-corrected chi connectivity index (χ4v) is 3.69. The Morgan fingerprint density at radius 1 is 0.429 bits per heavy atom. The van der Waals surface area contributed by atoms with E-state index in [2.05, 4.69) is 59.2 Å². The maximum Gasteiger partial charge on any atom is 0.119 e. The van der Waals surface area contributed by atoms with Crippen LogP contribution in [0.2, 0.25) is 0 Å². The Morgan fingerprint density at radius 3 is 1.23 bits per heavy atom. The number of hydrogen-bond donors (Lipinski definition) is 2. The summed E-state index contributed by atoms with van der Waals surface area (Å²) in [6.07, 6.45) is 1.08. The molecule has 0 amide bonds. The molecule has 0 aliphatic rings. The Kier molecular flexibility index (Phi) is 9.77. The maximum absolute atomic E-state index is 5.85. The molecule has 4 rings (SSSR count). The van der Waals surface area contributed by atoms with Crippen LogP contribution < -0.4 is 20.1 Å². The quantitative estimate of drug-likeness (QED) is 0.220. The smallest absolute Gasteiger partial charge is 0.119 e. The zero-order chi connectivity index (χ0) is 24.0. The van der Waals surface area contributed by atoms with Gasteiger partial charge in [0.05, 0.1) is 0 Å². The zero-order valence-corrected chi connectivity index (χ0v) is 20.2. The van der Waals surface area contributed by atoms with Crippen LogP contribution in [-0.4, -0.2) is 13.1 Å². The third kappa shape index (κ3) is 8.93. The highest BCUT2D eigenvalue weighted by Gasteiger charge is 1.99. The molecule has 0 saturated carbocycles. The third-order valence-electron chi connectivity index (χ3n) is 5.71. The van der Waals surface area contributed by atoms with Crippen molar-refractivity contribution < 1.29 is 9.47 Å². The van der Waals surface area contributed by atoms with Gasteiger partial charge in [-0.3, -0.25) is 0 Å². The van der Waals surface area contributed by atoms with E-state index < -0.39 is 0 Å². The minimum absolute atomic E-state index is 0.595. The molecule has 35 heavy (non-hydrogen) atoms. The predicted molar refractivity (Wildman–Crippen MR) is 142 cm³/mol. The van der Waals surface area contributed by atoms with Crippen molar-refractivity contribution in [2.45, 2.75) is 32.7 Å². The number of ether oxygens (including phenoxy) is 2. The van der Waals surface area contributed by atoms with Gasteiger partial charge in [-0.2, -0.15) is 0 Å². The summed E-state index contributed by atoms with van der Waals surface area (Å²) in [5.74, 6) is 1.80. The van der Waals surface area contributed by atoms with Crippen molar-refractivity contribution in [3.8, 4) is 11.5 Å². The summed E-state index contributed by atoms with van der Waals surface area (Å²) < 4.78 is 11.7. The van der Waals surface area contributed by atoms with Crippen molar-refractivity contribution in [3.05, 3.63) is 131 Å². The molecule has 4 heteroatoms. The molecule has 0 radical (unpaired) electrons. The van der Waals surface area contributed by atoms with Crippen LogP contribution in [-0.2, 0) is 26.3 Å². The molecule has 4 nitrogen and oxygen atoms in total. The van der Waals surface area contributed by atoms with Crippen LogP contribution in [0, 0.1) is 0 Å². The van der Waals surface area contributed by atoms with Gasteiger partial charge in [0.15, 0.2) is 0 Å². The van der Waals surface area contributed by atoms with E-state index in [4.69, 9.17) is 9.47 Å². The molecule has 4 aromatic carbocycles. The summed E-state index contributed by atoms with van der Waals surface area (Å²) in [4.78, 5) is 0. The van der Waals surface area contributed by atoms with E-state index in [1.54, 1.807) is 0 Å². The number of nitrogens with one attached hydrogen (secondary N) is 2. The second-order valence-electron chi connectivity index (χ2n) is 8.54. The van der Waals surface area contributed by atoms with Crippen LogP contribution in [0.5, 0.6) is 11.5 Å². The minimum atomic E-state index is 0.595. The Hall–Kier alpha value is -3.60. The van der Waals surface area contributed by atoms with Crippen molar-refractivity contribution in [2.24, 2.45) is 0 Å². The first-order chi connectivity index (χ1) is 17.3. The lowest BCUT2D eigenvalue weighted by molar-refractivity contribution is 0.306. The largest absolute Gasteiger partial charge is 0.489 e. The monoisotopic (exact) mass is 466 g/mol. The average molecular weight is 467 g/mol. The van der Waals surface area contributed by atoms with Crippen LogP contribution in [0.4, 0.5) is 0 Å². The van der Waals surface area contributed by atoms with Gasteiger partial charge in [-0.15, -0.1) is 0 Å². The van der Waals surface area contributed by atoms with Crippen LogP contribution in [0.1, 0.15) is 28.7 Å². The Labute approximate surface area is 208 Å². The Morgan fingerprint density at radius 2 is 0.829 bits per heavy atom. The molecule has 180 valence electrons. The normalized spacial score (nSPS) is 10.7. The molecule has 2 N–H and O–H groups in total. The van der Waals surface area contributed by atoms with Gasteiger partial charge in [0.2, 0.25) is 0 Å². The van der Waals surface area contributed by atoms with Crippen LogP contribution in [0.25, 0.3) is 0 Å². The molecule has 0 fully saturated rings. The molecule has 0 unspecified atom stereocenters. The van der Waals surface area contributed by atoms with Gasteiger partial charge in [0.1, 0.15) is 24.7 Å². The molecule has 0 saturated heterocycles. The van der Waals surface area contributed by atoms with Crippen LogP contribution >= 0.6 is 0 Å². The summed E-state index contributed by atoms with van der Waals surface area (Å²) in [5.41, 5.74) is 4.88. The lowest BCUT2D eigenvalue weighted by atomic mass is 10.2. The van der Waals surface area contributed by atoms with Gasteiger partial charge in [0, 0.05) is 13.1 Å². The van der Waals surface area contributed by atoms with Gasteiger partial charge in [-0.1, -0.05) is 84.9 Å². The molecule has 4 aromatic rings. The Balaban J connectivity index is 1.04. The summed E-state index contributed by atoms with van der Waals surface area (Å²) in [5, 5.41) is 7.03. The SMILES string of the molecule is c1ccc(COc2ccc(CNCCCNCc3ccc(OCc4ccccc4)cc3)cc2)cc1. The summed E-state index contributed by atoms with van der Waals surface area (Å²) in [7, 11) is 0. The van der Waals surface area contributed by atoms with Gasteiger partial charge in [-0.25, -0.2) is 0 Å². The van der Waals surface area contributed by atoms with Crippen molar-refractivity contribution in [3.63, 3.8) is 0 Å². The van der Waals surface area contributed by atoms with E-state index in [1.165, 1.54) is 22.3 Å². The van der Waals surface area contributed by atoms with E-state index in [1.807, 2.05) is 60.7 Å². The van der Waals surface area contributed by atoms with Crippen molar-refractivity contribution in [1.29, 1.82) is 0 Å². The van der Waals surface area contributed by atoms with E-state index >= 15 is 0 Å². The standard InChI is InChI=1S/C31H34N2O2/c1-3-8-28(9-4-1)24-34-30-16-12-26(13-17-30)22-32-20-7-21-33-23-27-14-18-31(19-15-27)35-25-29-10-5-2-6-11-29/h1-6,8-19,32-33H,7,20-25H2. The van der Waals surface area contributed by atoms with Gasteiger partial charge < -0.3 is 20.1 Å². The molecule has 0 aliphatic heterocycles. The lowest BCUT2D eigenvalue weighted by Crippen LogP contribution is -2.21. The van der Waals surface area contributed by atoms with Gasteiger partial charge >= 0.3 is 0 Å². The fraction of sp³-hybridized carbons (Fsp3) is 0.226. The van der Waals surface area contributed by atoms with Gasteiger partial charge in [0.25, 0.3) is 0 Å². The van der Waals surface area contributed by atoms with Crippen LogP contribution in [0.15, 0.2) is 109 Å². The topological polar surface area (TPSA) is 42.5 Å². The fourth-order valence-electron chi connectivity index (χ4n) is 3.69. The highest BCUT2D eigenvalue weighted by atomic mass is 16.5. The molecular formula is C31H34N2O2. The second-order valence-corrected chi connectivity index (χ2v) is 8.54. The number of benzene rings is 4. The number of rotatable bonds is 14. The minimum Gasteiger partial charge on any atom is -0.489 e. The zero-order valence-electron chi connectivity index (χ0n) is 20.2. The van der Waals surface area contributed by atoms with E-state index in [0.29, 0.717) is 13.2 Å². The highest BCUT2D eigenvalue weighted by molar-refractivity contribution is 5.28. The predicted octanol–water partition coefficient (Wildman–Crippen LogP) is 6.11. The lowest BCUT2D eigenvalue weighted by Gasteiger charge is -2.09. The molecule has 0 heterocycles. The first kappa shape index (κ1) is 24.5. The molecule has 0 atom stereocenters. The number of hydrogen-bond acceptors (Lipinski definition) is 4. The maximum atomic E-state index is 5.85. The molecule has 0 aliphatic carbocycles. The highest BCUT2D eigenvalue weighted by Crippen LogP contribution is 2.15. The third-order valence-corrected chi connectivity index (χ3v) is 5.71.